The summed E-state index contributed by atoms with van der Waals surface area (Å²) in [5.74, 6) is 0.909. The molecule has 1 N–H and O–H groups in total. The van der Waals surface area contributed by atoms with Crippen LogP contribution >= 0.6 is 0 Å². The fourth-order valence-corrected chi connectivity index (χ4v) is 3.09. The van der Waals surface area contributed by atoms with Gasteiger partial charge < -0.3 is 14.8 Å². The van der Waals surface area contributed by atoms with E-state index in [1.807, 2.05) is 0 Å². The molecule has 0 aromatic rings. The zero-order valence-electron chi connectivity index (χ0n) is 11.8. The van der Waals surface area contributed by atoms with E-state index in [0.717, 1.165) is 44.7 Å². The predicted octanol–water partition coefficient (Wildman–Crippen LogP) is 2.74. The molecule has 1 aliphatic heterocycles. The van der Waals surface area contributed by atoms with E-state index in [-0.39, 0.29) is 0 Å². The summed E-state index contributed by atoms with van der Waals surface area (Å²) in [7, 11) is 0. The summed E-state index contributed by atoms with van der Waals surface area (Å²) in [6.45, 7) is 6.06. The van der Waals surface area contributed by atoms with Crippen LogP contribution in [0.2, 0.25) is 0 Å². The van der Waals surface area contributed by atoms with Crippen molar-refractivity contribution in [1.82, 2.24) is 5.32 Å². The first-order chi connectivity index (χ1) is 8.84. The van der Waals surface area contributed by atoms with Crippen molar-refractivity contribution in [2.45, 2.75) is 64.0 Å². The maximum absolute atomic E-state index is 5.66. The predicted molar refractivity (Wildman–Crippen MR) is 73.8 cm³/mol. The normalized spacial score (nSPS) is 32.8. The molecule has 18 heavy (non-hydrogen) atoms. The smallest absolute Gasteiger partial charge is 0.0809 e. The molecule has 0 aromatic heterocycles. The molecule has 3 nitrogen and oxygen atoms in total. The van der Waals surface area contributed by atoms with Crippen LogP contribution in [0.25, 0.3) is 0 Å². The van der Waals surface area contributed by atoms with Crippen molar-refractivity contribution in [3.05, 3.63) is 0 Å². The van der Waals surface area contributed by atoms with Gasteiger partial charge >= 0.3 is 0 Å². The van der Waals surface area contributed by atoms with Gasteiger partial charge in [-0.2, -0.15) is 0 Å². The summed E-state index contributed by atoms with van der Waals surface area (Å²) >= 11 is 0. The number of rotatable bonds is 7. The van der Waals surface area contributed by atoms with Crippen molar-refractivity contribution < 1.29 is 9.47 Å². The zero-order chi connectivity index (χ0) is 12.6. The topological polar surface area (TPSA) is 30.5 Å². The molecule has 0 radical (unpaired) electrons. The fourth-order valence-electron chi connectivity index (χ4n) is 3.09. The van der Waals surface area contributed by atoms with E-state index in [0.29, 0.717) is 6.10 Å². The second-order valence-electron chi connectivity index (χ2n) is 5.99. The molecule has 2 aliphatic rings. The average molecular weight is 255 g/mol. The highest BCUT2D eigenvalue weighted by molar-refractivity contribution is 4.75. The highest BCUT2D eigenvalue weighted by atomic mass is 16.5. The Morgan fingerprint density at radius 1 is 1.22 bits per heavy atom. The maximum Gasteiger partial charge on any atom is 0.0809 e. The van der Waals surface area contributed by atoms with Gasteiger partial charge in [0, 0.05) is 19.3 Å². The van der Waals surface area contributed by atoms with Crippen molar-refractivity contribution in [3.8, 4) is 0 Å². The standard InChI is InChI=1S/C15H29NO2/c1-13-5-2-6-14(11-13)16-8-4-9-17-12-15-7-3-10-18-15/h13-16H,2-12H2,1H3. The Hall–Kier alpha value is -0.120. The summed E-state index contributed by atoms with van der Waals surface area (Å²) in [4.78, 5) is 0. The first-order valence-corrected chi connectivity index (χ1v) is 7.77. The lowest BCUT2D eigenvalue weighted by atomic mass is 9.87. The van der Waals surface area contributed by atoms with Gasteiger partial charge in [-0.25, -0.2) is 0 Å². The quantitative estimate of drug-likeness (QED) is 0.710. The largest absolute Gasteiger partial charge is 0.379 e. The Kier molecular flexibility index (Phi) is 6.46. The van der Waals surface area contributed by atoms with E-state index in [9.17, 15) is 0 Å². The van der Waals surface area contributed by atoms with Gasteiger partial charge in [0.1, 0.15) is 0 Å². The van der Waals surface area contributed by atoms with Crippen LogP contribution in [-0.4, -0.2) is 38.5 Å². The van der Waals surface area contributed by atoms with Crippen molar-refractivity contribution in [2.75, 3.05) is 26.4 Å². The van der Waals surface area contributed by atoms with E-state index >= 15 is 0 Å². The summed E-state index contributed by atoms with van der Waals surface area (Å²) in [5.41, 5.74) is 0. The molecule has 0 aromatic carbocycles. The molecule has 1 aliphatic carbocycles. The minimum absolute atomic E-state index is 0.372. The highest BCUT2D eigenvalue weighted by Crippen LogP contribution is 2.23. The monoisotopic (exact) mass is 255 g/mol. The lowest BCUT2D eigenvalue weighted by Gasteiger charge is -2.27. The Morgan fingerprint density at radius 3 is 2.94 bits per heavy atom. The van der Waals surface area contributed by atoms with E-state index in [4.69, 9.17) is 9.47 Å². The molecule has 1 heterocycles. The van der Waals surface area contributed by atoms with Gasteiger partial charge in [0.25, 0.3) is 0 Å². The van der Waals surface area contributed by atoms with Crippen LogP contribution in [0.4, 0.5) is 0 Å². The van der Waals surface area contributed by atoms with Crippen molar-refractivity contribution in [1.29, 1.82) is 0 Å². The molecule has 1 saturated carbocycles. The molecule has 0 amide bonds. The molecule has 106 valence electrons. The molecular formula is C15H29NO2. The van der Waals surface area contributed by atoms with Crippen LogP contribution in [0.1, 0.15) is 51.9 Å². The van der Waals surface area contributed by atoms with Crippen molar-refractivity contribution >= 4 is 0 Å². The van der Waals surface area contributed by atoms with Gasteiger partial charge in [0.2, 0.25) is 0 Å². The summed E-state index contributed by atoms with van der Waals surface area (Å²) in [6.07, 6.45) is 9.41. The number of hydrogen-bond acceptors (Lipinski definition) is 3. The molecule has 3 unspecified atom stereocenters. The van der Waals surface area contributed by atoms with Gasteiger partial charge in [-0.1, -0.05) is 19.8 Å². The molecule has 3 atom stereocenters. The molecule has 2 rings (SSSR count). The molecule has 3 heteroatoms. The third-order valence-corrected chi connectivity index (χ3v) is 4.16. The van der Waals surface area contributed by atoms with Gasteiger partial charge in [-0.3, -0.25) is 0 Å². The lowest BCUT2D eigenvalue weighted by Crippen LogP contribution is -2.34. The van der Waals surface area contributed by atoms with E-state index in [1.54, 1.807) is 0 Å². The SMILES string of the molecule is CC1CCCC(NCCCOCC2CCCO2)C1. The number of nitrogens with one attached hydrogen (secondary N) is 1. The van der Waals surface area contributed by atoms with Gasteiger partial charge in [-0.05, 0) is 44.6 Å². The van der Waals surface area contributed by atoms with Gasteiger partial charge in [0.05, 0.1) is 12.7 Å². The first kappa shape index (κ1) is 14.3. The van der Waals surface area contributed by atoms with Crippen LogP contribution < -0.4 is 5.32 Å². The van der Waals surface area contributed by atoms with E-state index in [2.05, 4.69) is 12.2 Å². The Labute approximate surface area is 112 Å². The Balaban J connectivity index is 1.41. The van der Waals surface area contributed by atoms with E-state index < -0.39 is 0 Å². The van der Waals surface area contributed by atoms with Crippen LogP contribution in [0.3, 0.4) is 0 Å². The second-order valence-corrected chi connectivity index (χ2v) is 5.99. The molecule has 1 saturated heterocycles. The highest BCUT2D eigenvalue weighted by Gasteiger charge is 2.18. The third kappa shape index (κ3) is 5.25. The van der Waals surface area contributed by atoms with Crippen LogP contribution in [0.15, 0.2) is 0 Å². The van der Waals surface area contributed by atoms with Crippen LogP contribution in [0.5, 0.6) is 0 Å². The number of hydrogen-bond donors (Lipinski definition) is 1. The Morgan fingerprint density at radius 2 is 2.17 bits per heavy atom. The van der Waals surface area contributed by atoms with E-state index in [1.165, 1.54) is 38.5 Å². The summed E-state index contributed by atoms with van der Waals surface area (Å²) in [5, 5.41) is 3.67. The third-order valence-electron chi connectivity index (χ3n) is 4.16. The zero-order valence-corrected chi connectivity index (χ0v) is 11.8. The van der Waals surface area contributed by atoms with Crippen molar-refractivity contribution in [2.24, 2.45) is 5.92 Å². The minimum Gasteiger partial charge on any atom is -0.379 e. The molecule has 0 spiro atoms. The van der Waals surface area contributed by atoms with Gasteiger partial charge in [-0.15, -0.1) is 0 Å². The summed E-state index contributed by atoms with van der Waals surface area (Å²) in [6, 6.07) is 0.756. The molecule has 0 bridgehead atoms. The Bertz CT molecular complexity index is 217. The van der Waals surface area contributed by atoms with Crippen molar-refractivity contribution in [3.63, 3.8) is 0 Å². The maximum atomic E-state index is 5.66. The van der Waals surface area contributed by atoms with Crippen LogP contribution in [0, 0.1) is 5.92 Å². The number of ether oxygens (including phenoxy) is 2. The average Bonchev–Trinajstić information content (AvgIpc) is 2.87. The van der Waals surface area contributed by atoms with Gasteiger partial charge in [0.15, 0.2) is 0 Å². The fraction of sp³-hybridized carbons (Fsp3) is 1.00. The minimum atomic E-state index is 0.372. The molecule has 2 fully saturated rings. The molecular weight excluding hydrogens is 226 g/mol. The first-order valence-electron chi connectivity index (χ1n) is 7.77. The lowest BCUT2D eigenvalue weighted by molar-refractivity contribution is 0.0164. The van der Waals surface area contributed by atoms with Crippen LogP contribution in [-0.2, 0) is 9.47 Å². The second kappa shape index (κ2) is 8.13. The summed E-state index contributed by atoms with van der Waals surface area (Å²) < 4.78 is 11.2.